The molecule has 6 heteroatoms. The molecule has 19 heavy (non-hydrogen) atoms. The molecule has 0 aliphatic rings. The van der Waals surface area contributed by atoms with Crippen molar-refractivity contribution in [3.63, 3.8) is 0 Å². The largest absolute Gasteiger partial charge is 0.330 e. The summed E-state index contributed by atoms with van der Waals surface area (Å²) >= 11 is 13.6. The maximum absolute atomic E-state index is 6.08. The number of nitrogens with two attached hydrogens (primary N) is 1. The molecule has 1 aromatic carbocycles. The van der Waals surface area contributed by atoms with Gasteiger partial charge in [0.2, 0.25) is 0 Å². The standard InChI is InChI=1S/C13H11Cl2N3S/c14-10-2-1-8(5-11(10)15)12-7-19-13-17-6-9(3-4-16)18(12)13/h1-2,5-7H,3-4,16H2. The Balaban J connectivity index is 2.18. The first-order valence-corrected chi connectivity index (χ1v) is 7.43. The van der Waals surface area contributed by atoms with E-state index in [9.17, 15) is 0 Å². The number of hydrogen-bond acceptors (Lipinski definition) is 3. The molecule has 2 heterocycles. The van der Waals surface area contributed by atoms with E-state index in [0.29, 0.717) is 16.6 Å². The molecule has 3 aromatic rings. The average molecular weight is 312 g/mol. The third-order valence-corrected chi connectivity index (χ3v) is 4.51. The highest BCUT2D eigenvalue weighted by molar-refractivity contribution is 7.15. The highest BCUT2D eigenvalue weighted by atomic mass is 35.5. The van der Waals surface area contributed by atoms with Crippen LogP contribution in [0.5, 0.6) is 0 Å². The third-order valence-electron chi connectivity index (χ3n) is 2.94. The summed E-state index contributed by atoms with van der Waals surface area (Å²) in [5, 5.41) is 3.19. The van der Waals surface area contributed by atoms with Gasteiger partial charge in [0.1, 0.15) is 0 Å². The van der Waals surface area contributed by atoms with Gasteiger partial charge in [-0.25, -0.2) is 4.98 Å². The van der Waals surface area contributed by atoms with Gasteiger partial charge >= 0.3 is 0 Å². The van der Waals surface area contributed by atoms with E-state index in [1.165, 1.54) is 0 Å². The van der Waals surface area contributed by atoms with Gasteiger partial charge in [0, 0.05) is 23.1 Å². The van der Waals surface area contributed by atoms with E-state index in [1.807, 2.05) is 24.4 Å². The molecule has 98 valence electrons. The van der Waals surface area contributed by atoms with Crippen molar-refractivity contribution in [2.45, 2.75) is 6.42 Å². The Morgan fingerprint density at radius 3 is 2.84 bits per heavy atom. The summed E-state index contributed by atoms with van der Waals surface area (Å²) in [5.74, 6) is 0. The van der Waals surface area contributed by atoms with Crippen molar-refractivity contribution in [3.8, 4) is 11.3 Å². The Morgan fingerprint density at radius 1 is 1.26 bits per heavy atom. The van der Waals surface area contributed by atoms with Gasteiger partial charge in [0.25, 0.3) is 0 Å². The SMILES string of the molecule is NCCc1cnc2scc(-c3ccc(Cl)c(Cl)c3)n12. The van der Waals surface area contributed by atoms with Crippen molar-refractivity contribution < 1.29 is 0 Å². The number of rotatable bonds is 3. The van der Waals surface area contributed by atoms with Crippen LogP contribution in [0.15, 0.2) is 29.8 Å². The predicted molar refractivity (Wildman–Crippen MR) is 81.3 cm³/mol. The molecule has 3 nitrogen and oxygen atoms in total. The lowest BCUT2D eigenvalue weighted by molar-refractivity contribution is 0.911. The van der Waals surface area contributed by atoms with Gasteiger partial charge in [-0.1, -0.05) is 29.3 Å². The van der Waals surface area contributed by atoms with E-state index < -0.39 is 0 Å². The summed E-state index contributed by atoms with van der Waals surface area (Å²) in [6, 6.07) is 5.64. The Morgan fingerprint density at radius 2 is 2.11 bits per heavy atom. The van der Waals surface area contributed by atoms with E-state index in [-0.39, 0.29) is 0 Å². The molecule has 0 fully saturated rings. The Bertz CT molecular complexity index is 733. The fraction of sp³-hybridized carbons (Fsp3) is 0.154. The number of fused-ring (bicyclic) bond motifs is 1. The van der Waals surface area contributed by atoms with E-state index in [2.05, 4.69) is 14.8 Å². The molecule has 0 saturated carbocycles. The highest BCUT2D eigenvalue weighted by Gasteiger charge is 2.12. The zero-order valence-electron chi connectivity index (χ0n) is 9.94. The zero-order valence-corrected chi connectivity index (χ0v) is 12.3. The van der Waals surface area contributed by atoms with Gasteiger partial charge in [0.15, 0.2) is 4.96 Å². The van der Waals surface area contributed by atoms with Crippen LogP contribution >= 0.6 is 34.5 Å². The van der Waals surface area contributed by atoms with Gasteiger partial charge in [0.05, 0.1) is 21.9 Å². The first-order chi connectivity index (χ1) is 9.20. The molecule has 3 rings (SSSR count). The van der Waals surface area contributed by atoms with E-state index in [1.54, 1.807) is 11.3 Å². The minimum absolute atomic E-state index is 0.555. The first kappa shape index (κ1) is 12.9. The number of nitrogens with zero attached hydrogens (tertiary/aromatic N) is 2. The number of hydrogen-bond donors (Lipinski definition) is 1. The fourth-order valence-corrected chi connectivity index (χ4v) is 3.24. The molecule has 0 atom stereocenters. The first-order valence-electron chi connectivity index (χ1n) is 5.80. The van der Waals surface area contributed by atoms with Crippen LogP contribution in [0.1, 0.15) is 5.69 Å². The molecule has 0 aliphatic heterocycles. The van der Waals surface area contributed by atoms with Gasteiger partial charge in [-0.05, 0) is 18.7 Å². The van der Waals surface area contributed by atoms with Crippen LogP contribution in [0.4, 0.5) is 0 Å². The van der Waals surface area contributed by atoms with Crippen LogP contribution in [0.3, 0.4) is 0 Å². The summed E-state index contributed by atoms with van der Waals surface area (Å²) in [6.07, 6.45) is 2.67. The van der Waals surface area contributed by atoms with Crippen molar-refractivity contribution in [3.05, 3.63) is 45.5 Å². The maximum atomic E-state index is 6.08. The quantitative estimate of drug-likeness (QED) is 0.798. The predicted octanol–water partition coefficient (Wildman–Crippen LogP) is 3.87. The number of halogens is 2. The normalized spacial score (nSPS) is 11.3. The highest BCUT2D eigenvalue weighted by Crippen LogP contribution is 2.31. The number of aromatic nitrogens is 2. The fourth-order valence-electron chi connectivity index (χ4n) is 2.05. The minimum Gasteiger partial charge on any atom is -0.330 e. The number of benzene rings is 1. The zero-order chi connectivity index (χ0) is 13.4. The molecule has 0 bridgehead atoms. The summed E-state index contributed by atoms with van der Waals surface area (Å²) < 4.78 is 2.12. The van der Waals surface area contributed by atoms with Crippen LogP contribution in [-0.4, -0.2) is 15.9 Å². The molecule has 0 amide bonds. The van der Waals surface area contributed by atoms with Crippen LogP contribution in [0.25, 0.3) is 16.2 Å². The lowest BCUT2D eigenvalue weighted by Gasteiger charge is -2.05. The summed E-state index contributed by atoms with van der Waals surface area (Å²) in [6.45, 7) is 0.602. The molecule has 0 aliphatic carbocycles. The van der Waals surface area contributed by atoms with Crippen molar-refractivity contribution in [2.24, 2.45) is 5.73 Å². The Labute approximate surface area is 124 Å². The average Bonchev–Trinajstić information content (AvgIpc) is 2.96. The molecule has 0 spiro atoms. The smallest absolute Gasteiger partial charge is 0.194 e. The lowest BCUT2D eigenvalue weighted by Crippen LogP contribution is -2.05. The Hall–Kier alpha value is -1.07. The topological polar surface area (TPSA) is 43.3 Å². The van der Waals surface area contributed by atoms with Crippen molar-refractivity contribution in [1.82, 2.24) is 9.38 Å². The van der Waals surface area contributed by atoms with E-state index in [0.717, 1.165) is 28.3 Å². The van der Waals surface area contributed by atoms with Crippen molar-refractivity contribution in [2.75, 3.05) is 6.54 Å². The lowest BCUT2D eigenvalue weighted by atomic mass is 10.1. The second kappa shape index (κ2) is 5.13. The molecular formula is C13H11Cl2N3S. The Kier molecular flexibility index (Phi) is 3.50. The van der Waals surface area contributed by atoms with E-state index >= 15 is 0 Å². The van der Waals surface area contributed by atoms with Crippen LogP contribution in [0.2, 0.25) is 10.0 Å². The van der Waals surface area contributed by atoms with Gasteiger partial charge in [-0.15, -0.1) is 11.3 Å². The second-order valence-corrected chi connectivity index (χ2v) is 5.81. The minimum atomic E-state index is 0.555. The summed E-state index contributed by atoms with van der Waals surface area (Å²) in [5.41, 5.74) is 8.84. The van der Waals surface area contributed by atoms with Gasteiger partial charge < -0.3 is 5.73 Å². The molecular weight excluding hydrogens is 301 g/mol. The van der Waals surface area contributed by atoms with Gasteiger partial charge in [-0.2, -0.15) is 0 Å². The van der Waals surface area contributed by atoms with Crippen molar-refractivity contribution >= 4 is 39.5 Å². The van der Waals surface area contributed by atoms with Crippen LogP contribution in [0, 0.1) is 0 Å². The second-order valence-electron chi connectivity index (χ2n) is 4.16. The van der Waals surface area contributed by atoms with Crippen LogP contribution in [-0.2, 0) is 6.42 Å². The molecule has 0 radical (unpaired) electrons. The number of imidazole rings is 1. The van der Waals surface area contributed by atoms with E-state index in [4.69, 9.17) is 28.9 Å². The van der Waals surface area contributed by atoms with Gasteiger partial charge in [-0.3, -0.25) is 4.40 Å². The van der Waals surface area contributed by atoms with Crippen molar-refractivity contribution in [1.29, 1.82) is 0 Å². The summed E-state index contributed by atoms with van der Waals surface area (Å²) in [7, 11) is 0. The third kappa shape index (κ3) is 2.25. The molecule has 0 saturated heterocycles. The summed E-state index contributed by atoms with van der Waals surface area (Å²) in [4.78, 5) is 5.35. The number of thiazole rings is 1. The maximum Gasteiger partial charge on any atom is 0.194 e. The molecule has 2 N–H and O–H groups in total. The van der Waals surface area contributed by atoms with Crippen LogP contribution < -0.4 is 5.73 Å². The molecule has 0 unspecified atom stereocenters. The molecule has 2 aromatic heterocycles. The monoisotopic (exact) mass is 311 g/mol.